The van der Waals surface area contributed by atoms with Gasteiger partial charge in [0.15, 0.2) is 0 Å². The topological polar surface area (TPSA) is 17.1 Å². The molecule has 1 heteroatoms. The molecule has 0 fully saturated rings. The molecule has 0 heterocycles. The lowest BCUT2D eigenvalue weighted by atomic mass is 9.85. The van der Waals surface area contributed by atoms with E-state index in [9.17, 15) is 4.79 Å². The SMILES string of the molecule is C=C(CC(C)(C)C=O)c1ccccc1. The van der Waals surface area contributed by atoms with E-state index in [4.69, 9.17) is 0 Å². The molecule has 1 rings (SSSR count). The summed E-state index contributed by atoms with van der Waals surface area (Å²) in [6.07, 6.45) is 1.70. The molecular formula is C13H16O. The van der Waals surface area contributed by atoms with Gasteiger partial charge in [-0.3, -0.25) is 0 Å². The quantitative estimate of drug-likeness (QED) is 0.662. The van der Waals surface area contributed by atoms with Gasteiger partial charge in [0.25, 0.3) is 0 Å². The highest BCUT2D eigenvalue weighted by Crippen LogP contribution is 2.27. The summed E-state index contributed by atoms with van der Waals surface area (Å²) >= 11 is 0. The number of aldehydes is 1. The molecule has 0 saturated carbocycles. The van der Waals surface area contributed by atoms with Crippen LogP contribution in [0, 0.1) is 5.41 Å². The molecule has 0 radical (unpaired) electrons. The molecule has 1 aromatic carbocycles. The largest absolute Gasteiger partial charge is 0.303 e. The minimum atomic E-state index is -0.313. The molecule has 0 amide bonds. The summed E-state index contributed by atoms with van der Waals surface area (Å²) < 4.78 is 0. The molecule has 0 aliphatic heterocycles. The Bertz CT molecular complexity index is 322. The van der Waals surface area contributed by atoms with Crippen LogP contribution in [0.4, 0.5) is 0 Å². The van der Waals surface area contributed by atoms with Gasteiger partial charge in [-0.1, -0.05) is 50.8 Å². The van der Waals surface area contributed by atoms with Crippen LogP contribution in [-0.2, 0) is 4.79 Å². The molecule has 0 N–H and O–H groups in total. The van der Waals surface area contributed by atoms with Crippen LogP contribution >= 0.6 is 0 Å². The number of carbonyl (C=O) groups is 1. The Balaban J connectivity index is 2.74. The van der Waals surface area contributed by atoms with Crippen LogP contribution in [-0.4, -0.2) is 6.29 Å². The Kier molecular flexibility index (Phi) is 3.23. The van der Waals surface area contributed by atoms with Crippen LogP contribution in [0.25, 0.3) is 5.57 Å². The molecular weight excluding hydrogens is 172 g/mol. The predicted molar refractivity (Wildman–Crippen MR) is 59.9 cm³/mol. The minimum absolute atomic E-state index is 0.313. The fraction of sp³-hybridized carbons (Fsp3) is 0.308. The minimum Gasteiger partial charge on any atom is -0.303 e. The van der Waals surface area contributed by atoms with Gasteiger partial charge in [0.2, 0.25) is 0 Å². The molecule has 0 aliphatic rings. The maximum Gasteiger partial charge on any atom is 0.125 e. The third-order valence-electron chi connectivity index (χ3n) is 2.17. The van der Waals surface area contributed by atoms with Crippen LogP contribution < -0.4 is 0 Å². The summed E-state index contributed by atoms with van der Waals surface area (Å²) in [5.41, 5.74) is 1.82. The average Bonchev–Trinajstić information content (AvgIpc) is 2.19. The van der Waals surface area contributed by atoms with E-state index < -0.39 is 0 Å². The van der Waals surface area contributed by atoms with Crippen molar-refractivity contribution < 1.29 is 4.79 Å². The van der Waals surface area contributed by atoms with Crippen LogP contribution in [0.15, 0.2) is 36.9 Å². The van der Waals surface area contributed by atoms with E-state index in [0.717, 1.165) is 17.4 Å². The predicted octanol–water partition coefficient (Wildman–Crippen LogP) is 3.32. The van der Waals surface area contributed by atoms with Crippen molar-refractivity contribution in [1.82, 2.24) is 0 Å². The lowest BCUT2D eigenvalue weighted by Gasteiger charge is -2.18. The maximum absolute atomic E-state index is 10.8. The van der Waals surface area contributed by atoms with E-state index >= 15 is 0 Å². The molecule has 0 atom stereocenters. The highest BCUT2D eigenvalue weighted by molar-refractivity contribution is 5.69. The zero-order valence-electron chi connectivity index (χ0n) is 8.79. The molecule has 0 aliphatic carbocycles. The Morgan fingerprint density at radius 1 is 1.36 bits per heavy atom. The Morgan fingerprint density at radius 2 is 1.93 bits per heavy atom. The summed E-state index contributed by atoms with van der Waals surface area (Å²) in [4.78, 5) is 10.8. The highest BCUT2D eigenvalue weighted by atomic mass is 16.1. The zero-order chi connectivity index (χ0) is 10.6. The van der Waals surface area contributed by atoms with E-state index in [0.29, 0.717) is 6.42 Å². The fourth-order valence-corrected chi connectivity index (χ4v) is 1.37. The summed E-state index contributed by atoms with van der Waals surface area (Å²) in [6, 6.07) is 9.97. The van der Waals surface area contributed by atoms with Crippen molar-refractivity contribution >= 4 is 11.9 Å². The first-order valence-electron chi connectivity index (χ1n) is 4.75. The van der Waals surface area contributed by atoms with Gasteiger partial charge in [0.05, 0.1) is 0 Å². The van der Waals surface area contributed by atoms with Gasteiger partial charge >= 0.3 is 0 Å². The van der Waals surface area contributed by atoms with E-state index in [2.05, 4.69) is 6.58 Å². The third-order valence-corrected chi connectivity index (χ3v) is 2.17. The van der Waals surface area contributed by atoms with Crippen molar-refractivity contribution in [3.8, 4) is 0 Å². The molecule has 0 unspecified atom stereocenters. The van der Waals surface area contributed by atoms with Gasteiger partial charge in [0, 0.05) is 5.41 Å². The first kappa shape index (κ1) is 10.7. The van der Waals surface area contributed by atoms with Crippen molar-refractivity contribution in [2.45, 2.75) is 20.3 Å². The van der Waals surface area contributed by atoms with Gasteiger partial charge in [0.1, 0.15) is 6.29 Å². The Morgan fingerprint density at radius 3 is 2.43 bits per heavy atom. The van der Waals surface area contributed by atoms with Crippen molar-refractivity contribution in [3.05, 3.63) is 42.5 Å². The van der Waals surface area contributed by atoms with E-state index in [-0.39, 0.29) is 5.41 Å². The second kappa shape index (κ2) is 4.23. The van der Waals surface area contributed by atoms with Gasteiger partial charge in [-0.2, -0.15) is 0 Å². The zero-order valence-corrected chi connectivity index (χ0v) is 8.79. The summed E-state index contributed by atoms with van der Waals surface area (Å²) in [7, 11) is 0. The van der Waals surface area contributed by atoms with Gasteiger partial charge < -0.3 is 4.79 Å². The summed E-state index contributed by atoms with van der Waals surface area (Å²) in [5, 5.41) is 0. The maximum atomic E-state index is 10.8. The smallest absolute Gasteiger partial charge is 0.125 e. The Hall–Kier alpha value is -1.37. The lowest BCUT2D eigenvalue weighted by Crippen LogP contribution is -2.13. The number of hydrogen-bond donors (Lipinski definition) is 0. The normalized spacial score (nSPS) is 11.0. The second-order valence-corrected chi connectivity index (χ2v) is 4.25. The van der Waals surface area contributed by atoms with Crippen molar-refractivity contribution in [2.75, 3.05) is 0 Å². The lowest BCUT2D eigenvalue weighted by molar-refractivity contribution is -0.114. The molecule has 74 valence electrons. The van der Waals surface area contributed by atoms with E-state index in [1.54, 1.807) is 0 Å². The molecule has 0 saturated heterocycles. The van der Waals surface area contributed by atoms with Crippen molar-refractivity contribution in [2.24, 2.45) is 5.41 Å². The van der Waals surface area contributed by atoms with Crippen molar-refractivity contribution in [1.29, 1.82) is 0 Å². The standard InChI is InChI=1S/C13H16O/c1-11(9-13(2,3)10-14)12-7-5-4-6-8-12/h4-8,10H,1,9H2,2-3H3. The van der Waals surface area contributed by atoms with Crippen LogP contribution in [0.1, 0.15) is 25.8 Å². The first-order chi connectivity index (χ1) is 6.55. The first-order valence-corrected chi connectivity index (χ1v) is 4.75. The van der Waals surface area contributed by atoms with E-state index in [1.165, 1.54) is 0 Å². The molecule has 0 aromatic heterocycles. The van der Waals surface area contributed by atoms with Crippen molar-refractivity contribution in [3.63, 3.8) is 0 Å². The van der Waals surface area contributed by atoms with Crippen LogP contribution in [0.3, 0.4) is 0 Å². The summed E-state index contributed by atoms with van der Waals surface area (Å²) in [6.45, 7) is 7.85. The number of benzene rings is 1. The molecule has 1 nitrogen and oxygen atoms in total. The highest BCUT2D eigenvalue weighted by Gasteiger charge is 2.18. The van der Waals surface area contributed by atoms with Crippen LogP contribution in [0.5, 0.6) is 0 Å². The number of rotatable bonds is 4. The molecule has 0 spiro atoms. The average molecular weight is 188 g/mol. The fourth-order valence-electron chi connectivity index (χ4n) is 1.37. The second-order valence-electron chi connectivity index (χ2n) is 4.25. The third kappa shape index (κ3) is 2.84. The summed E-state index contributed by atoms with van der Waals surface area (Å²) in [5.74, 6) is 0. The molecule has 0 bridgehead atoms. The van der Waals surface area contributed by atoms with Gasteiger partial charge in [-0.25, -0.2) is 0 Å². The molecule has 1 aromatic rings. The van der Waals surface area contributed by atoms with E-state index in [1.807, 2.05) is 44.2 Å². The van der Waals surface area contributed by atoms with Gasteiger partial charge in [-0.15, -0.1) is 0 Å². The number of allylic oxidation sites excluding steroid dienone is 1. The monoisotopic (exact) mass is 188 g/mol. The van der Waals surface area contributed by atoms with Gasteiger partial charge in [-0.05, 0) is 17.6 Å². The number of carbonyl (C=O) groups excluding carboxylic acids is 1. The van der Waals surface area contributed by atoms with Crippen LogP contribution in [0.2, 0.25) is 0 Å². The Labute approximate surface area is 85.5 Å². The molecule has 14 heavy (non-hydrogen) atoms. The number of hydrogen-bond acceptors (Lipinski definition) is 1.